The lowest BCUT2D eigenvalue weighted by Gasteiger charge is -2.05. The number of hydrogen-bond acceptors (Lipinski definition) is 3. The predicted octanol–water partition coefficient (Wildman–Crippen LogP) is 1.40. The van der Waals surface area contributed by atoms with Crippen molar-refractivity contribution in [1.29, 1.82) is 0 Å². The fourth-order valence-electron chi connectivity index (χ4n) is 2.07. The van der Waals surface area contributed by atoms with Gasteiger partial charge in [-0.05, 0) is 19.8 Å². The minimum absolute atomic E-state index is 0.733. The molecule has 1 N–H and O–H groups in total. The molecule has 0 spiro atoms. The number of imidazole rings is 2. The zero-order chi connectivity index (χ0) is 12.4. The van der Waals surface area contributed by atoms with Crippen LogP contribution in [0, 0.1) is 0 Å². The number of nitrogens with zero attached hydrogens (tertiary/aromatic N) is 4. The minimum Gasteiger partial charge on any atom is -0.333 e. The summed E-state index contributed by atoms with van der Waals surface area (Å²) in [6.07, 6.45) is 10.4. The molecule has 18 heavy (non-hydrogen) atoms. The van der Waals surface area contributed by atoms with Crippen molar-refractivity contribution >= 4 is 0 Å². The van der Waals surface area contributed by atoms with E-state index in [1.165, 1.54) is 18.5 Å². The number of aromatic nitrogens is 4. The van der Waals surface area contributed by atoms with Crippen molar-refractivity contribution in [3.8, 4) is 0 Å². The van der Waals surface area contributed by atoms with Crippen LogP contribution < -0.4 is 5.32 Å². The first-order chi connectivity index (χ1) is 8.85. The second-order valence-electron chi connectivity index (χ2n) is 4.86. The molecule has 1 aliphatic carbocycles. The molecular weight excluding hydrogens is 226 g/mol. The van der Waals surface area contributed by atoms with E-state index in [9.17, 15) is 0 Å². The van der Waals surface area contributed by atoms with Crippen LogP contribution in [-0.2, 0) is 19.6 Å². The first-order valence-corrected chi connectivity index (χ1v) is 6.58. The zero-order valence-electron chi connectivity index (χ0n) is 10.7. The van der Waals surface area contributed by atoms with Gasteiger partial charge in [0.25, 0.3) is 0 Å². The van der Waals surface area contributed by atoms with Crippen molar-refractivity contribution in [1.82, 2.24) is 24.4 Å². The summed E-state index contributed by atoms with van der Waals surface area (Å²) in [5, 5.41) is 3.47. The standard InChI is InChI=1S/C13H19N5/c1-2-18-9-14-6-13(18)8-17-7-12(16-10-17)5-15-11-3-4-11/h6-7,9-11,15H,2-5,8H2,1H3. The van der Waals surface area contributed by atoms with Gasteiger partial charge in [0.15, 0.2) is 0 Å². The number of aryl methyl sites for hydroxylation is 1. The summed E-state index contributed by atoms with van der Waals surface area (Å²) < 4.78 is 4.27. The van der Waals surface area contributed by atoms with Gasteiger partial charge in [0, 0.05) is 31.5 Å². The third-order valence-electron chi connectivity index (χ3n) is 3.32. The Morgan fingerprint density at radius 3 is 3.06 bits per heavy atom. The molecule has 1 aliphatic rings. The van der Waals surface area contributed by atoms with Gasteiger partial charge in [-0.1, -0.05) is 0 Å². The highest BCUT2D eigenvalue weighted by Gasteiger charge is 2.20. The fraction of sp³-hybridized carbons (Fsp3) is 0.538. The van der Waals surface area contributed by atoms with Gasteiger partial charge >= 0.3 is 0 Å². The quantitative estimate of drug-likeness (QED) is 0.837. The molecule has 0 aliphatic heterocycles. The first kappa shape index (κ1) is 11.5. The van der Waals surface area contributed by atoms with E-state index in [4.69, 9.17) is 0 Å². The lowest BCUT2D eigenvalue weighted by Crippen LogP contribution is -2.15. The normalized spacial score (nSPS) is 15.2. The molecule has 0 saturated heterocycles. The number of hydrogen-bond donors (Lipinski definition) is 1. The van der Waals surface area contributed by atoms with Crippen molar-refractivity contribution in [2.75, 3.05) is 0 Å². The van der Waals surface area contributed by atoms with E-state index in [1.54, 1.807) is 0 Å². The van der Waals surface area contributed by atoms with E-state index in [0.29, 0.717) is 0 Å². The molecule has 0 bridgehead atoms. The van der Waals surface area contributed by atoms with Crippen LogP contribution in [-0.4, -0.2) is 25.1 Å². The van der Waals surface area contributed by atoms with Crippen LogP contribution in [0.1, 0.15) is 31.2 Å². The van der Waals surface area contributed by atoms with Crippen molar-refractivity contribution < 1.29 is 0 Å². The van der Waals surface area contributed by atoms with Crippen LogP contribution in [0.15, 0.2) is 25.0 Å². The Morgan fingerprint density at radius 2 is 2.28 bits per heavy atom. The molecule has 5 heteroatoms. The van der Waals surface area contributed by atoms with Gasteiger partial charge in [-0.25, -0.2) is 9.97 Å². The molecule has 0 unspecified atom stereocenters. The van der Waals surface area contributed by atoms with Crippen LogP contribution in [0.5, 0.6) is 0 Å². The Labute approximate surface area is 107 Å². The molecule has 5 nitrogen and oxygen atoms in total. The van der Waals surface area contributed by atoms with E-state index >= 15 is 0 Å². The zero-order valence-corrected chi connectivity index (χ0v) is 10.7. The van der Waals surface area contributed by atoms with Gasteiger partial charge < -0.3 is 14.5 Å². The highest BCUT2D eigenvalue weighted by molar-refractivity contribution is 5.03. The van der Waals surface area contributed by atoms with Gasteiger partial charge in [0.2, 0.25) is 0 Å². The fourth-order valence-corrected chi connectivity index (χ4v) is 2.07. The Bertz CT molecular complexity index is 509. The highest BCUT2D eigenvalue weighted by Crippen LogP contribution is 2.19. The van der Waals surface area contributed by atoms with E-state index < -0.39 is 0 Å². The van der Waals surface area contributed by atoms with Gasteiger partial charge in [-0.15, -0.1) is 0 Å². The average Bonchev–Trinajstić information content (AvgIpc) is 2.93. The van der Waals surface area contributed by atoms with E-state index in [0.717, 1.165) is 31.4 Å². The highest BCUT2D eigenvalue weighted by atomic mass is 15.1. The summed E-state index contributed by atoms with van der Waals surface area (Å²) >= 11 is 0. The van der Waals surface area contributed by atoms with Gasteiger partial charge in [0.05, 0.1) is 30.6 Å². The largest absolute Gasteiger partial charge is 0.333 e. The Hall–Kier alpha value is -1.62. The lowest BCUT2D eigenvalue weighted by atomic mass is 10.4. The second-order valence-corrected chi connectivity index (χ2v) is 4.86. The van der Waals surface area contributed by atoms with Crippen molar-refractivity contribution in [3.05, 3.63) is 36.4 Å². The maximum atomic E-state index is 4.42. The number of nitrogens with one attached hydrogen (secondary N) is 1. The van der Waals surface area contributed by atoms with Gasteiger partial charge in [0.1, 0.15) is 0 Å². The molecule has 3 rings (SSSR count). The van der Waals surface area contributed by atoms with E-state index in [1.807, 2.05) is 18.9 Å². The Balaban J connectivity index is 1.61. The molecule has 96 valence electrons. The molecule has 0 amide bonds. The van der Waals surface area contributed by atoms with Crippen LogP contribution in [0.3, 0.4) is 0 Å². The summed E-state index contributed by atoms with van der Waals surface area (Å²) in [5.41, 5.74) is 2.33. The molecular formula is C13H19N5. The van der Waals surface area contributed by atoms with Crippen LogP contribution in [0.4, 0.5) is 0 Å². The monoisotopic (exact) mass is 245 g/mol. The lowest BCUT2D eigenvalue weighted by molar-refractivity contribution is 0.663. The predicted molar refractivity (Wildman–Crippen MR) is 69.1 cm³/mol. The van der Waals surface area contributed by atoms with Crippen LogP contribution in [0.2, 0.25) is 0 Å². The maximum absolute atomic E-state index is 4.42. The van der Waals surface area contributed by atoms with Crippen molar-refractivity contribution in [2.24, 2.45) is 0 Å². The summed E-state index contributed by atoms with van der Waals surface area (Å²) in [5.74, 6) is 0. The molecule has 0 aromatic carbocycles. The molecule has 1 fully saturated rings. The molecule has 1 saturated carbocycles. The average molecular weight is 245 g/mol. The second kappa shape index (κ2) is 4.94. The summed E-state index contributed by atoms with van der Waals surface area (Å²) in [6.45, 7) is 4.80. The molecule has 2 aromatic rings. The SMILES string of the molecule is CCn1cncc1Cn1cnc(CNC2CC2)c1. The summed E-state index contributed by atoms with van der Waals surface area (Å²) in [7, 11) is 0. The first-order valence-electron chi connectivity index (χ1n) is 6.58. The minimum atomic E-state index is 0.733. The van der Waals surface area contributed by atoms with Gasteiger partial charge in [-0.2, -0.15) is 0 Å². The van der Waals surface area contributed by atoms with Crippen molar-refractivity contribution in [2.45, 2.75) is 45.4 Å². The van der Waals surface area contributed by atoms with E-state index in [-0.39, 0.29) is 0 Å². The Morgan fingerprint density at radius 1 is 1.39 bits per heavy atom. The third kappa shape index (κ3) is 2.61. The number of rotatable bonds is 6. The van der Waals surface area contributed by atoms with Crippen molar-refractivity contribution in [3.63, 3.8) is 0 Å². The Kier molecular flexibility index (Phi) is 3.15. The summed E-state index contributed by atoms with van der Waals surface area (Å²) in [4.78, 5) is 8.60. The van der Waals surface area contributed by atoms with E-state index in [2.05, 4.69) is 37.5 Å². The third-order valence-corrected chi connectivity index (χ3v) is 3.32. The topological polar surface area (TPSA) is 47.7 Å². The van der Waals surface area contributed by atoms with Crippen LogP contribution >= 0.6 is 0 Å². The smallest absolute Gasteiger partial charge is 0.0953 e. The molecule has 2 aromatic heterocycles. The molecule has 0 atom stereocenters. The summed E-state index contributed by atoms with van der Waals surface area (Å²) in [6, 6.07) is 0.733. The molecule has 0 radical (unpaired) electrons. The van der Waals surface area contributed by atoms with Crippen LogP contribution in [0.25, 0.3) is 0 Å². The molecule has 2 heterocycles. The maximum Gasteiger partial charge on any atom is 0.0953 e. The van der Waals surface area contributed by atoms with Gasteiger partial charge in [-0.3, -0.25) is 0 Å².